The zero-order valence-corrected chi connectivity index (χ0v) is 45.6. The van der Waals surface area contributed by atoms with Gasteiger partial charge < -0.3 is 14.2 Å². The lowest BCUT2D eigenvalue weighted by Crippen LogP contribution is -2.30. The van der Waals surface area contributed by atoms with Gasteiger partial charge in [-0.3, -0.25) is 14.4 Å². The van der Waals surface area contributed by atoms with Gasteiger partial charge in [-0.05, 0) is 77.0 Å². The average Bonchev–Trinajstić information content (AvgIpc) is 3.35. The summed E-state index contributed by atoms with van der Waals surface area (Å²) in [6, 6.07) is 0. The molecule has 0 rings (SSSR count). The number of rotatable bonds is 53. The SMILES string of the molecule is CC/C=C\C/C=C\C/C=C\C/C=C\C/C=C\CCCC(=O)OC(COC(=O)CCCCCCC/C=C\CCC)COC(=O)CCCCCCCCCCCCCCCCCCCCCCCCCC. The number of ether oxygens (including phenoxy) is 3. The number of esters is 3. The van der Waals surface area contributed by atoms with Gasteiger partial charge in [-0.15, -0.1) is 0 Å². The van der Waals surface area contributed by atoms with Crippen LogP contribution in [0.5, 0.6) is 0 Å². The maximum Gasteiger partial charge on any atom is 0.306 e. The maximum absolute atomic E-state index is 12.8. The molecule has 1 unspecified atom stereocenters. The fraction of sp³-hybridized carbons (Fsp3) is 0.762. The second kappa shape index (κ2) is 57.4. The van der Waals surface area contributed by atoms with Gasteiger partial charge in [-0.25, -0.2) is 0 Å². The highest BCUT2D eigenvalue weighted by molar-refractivity contribution is 5.71. The summed E-state index contributed by atoms with van der Waals surface area (Å²) in [7, 11) is 0. The van der Waals surface area contributed by atoms with Crippen LogP contribution in [0.1, 0.15) is 290 Å². The van der Waals surface area contributed by atoms with Crippen molar-refractivity contribution < 1.29 is 28.6 Å². The Morgan fingerprint density at radius 3 is 1.00 bits per heavy atom. The zero-order valence-electron chi connectivity index (χ0n) is 45.6. The van der Waals surface area contributed by atoms with Crippen molar-refractivity contribution in [2.24, 2.45) is 0 Å². The standard InChI is InChI=1S/C63H110O6/c1-4-7-10-13-16-19-22-24-26-28-29-30-31-32-33-34-36-37-39-41-44-47-50-53-56-62(65)68-59-60(58-67-61(64)55-52-49-46-43-21-18-15-12-9-6-3)69-63(66)57-54-51-48-45-42-40-38-35-27-25-23-20-17-14-11-8-5-2/h8,11-12,15,17,20,25,27,38,40,45,48,60H,4-7,9-10,13-14,16,18-19,21-24,26,28-37,39,41-44,46-47,49-59H2,1-3H3/b11-8-,15-12-,20-17-,27-25-,40-38-,48-45-. The van der Waals surface area contributed by atoms with E-state index in [0.717, 1.165) is 96.3 Å². The first-order valence-electron chi connectivity index (χ1n) is 29.4. The lowest BCUT2D eigenvalue weighted by molar-refractivity contribution is -0.167. The molecule has 0 spiro atoms. The summed E-state index contributed by atoms with van der Waals surface area (Å²) in [4.78, 5) is 38.0. The number of allylic oxidation sites excluding steroid dienone is 12. The molecule has 0 saturated heterocycles. The highest BCUT2D eigenvalue weighted by Gasteiger charge is 2.19. The summed E-state index contributed by atoms with van der Waals surface area (Å²) in [6.45, 7) is 6.44. The Morgan fingerprint density at radius 2 is 0.609 bits per heavy atom. The van der Waals surface area contributed by atoms with Crippen LogP contribution < -0.4 is 0 Å². The third-order valence-corrected chi connectivity index (χ3v) is 12.7. The Bertz CT molecular complexity index is 1290. The predicted octanol–water partition coefficient (Wildman–Crippen LogP) is 19.8. The maximum atomic E-state index is 12.8. The topological polar surface area (TPSA) is 78.9 Å². The molecule has 0 aromatic heterocycles. The summed E-state index contributed by atoms with van der Waals surface area (Å²) in [5, 5.41) is 0. The van der Waals surface area contributed by atoms with E-state index >= 15 is 0 Å². The van der Waals surface area contributed by atoms with E-state index in [1.165, 1.54) is 148 Å². The molecule has 0 radical (unpaired) electrons. The summed E-state index contributed by atoms with van der Waals surface area (Å²) < 4.78 is 16.8. The largest absolute Gasteiger partial charge is 0.462 e. The van der Waals surface area contributed by atoms with Crippen molar-refractivity contribution >= 4 is 17.9 Å². The van der Waals surface area contributed by atoms with Crippen LogP contribution in [-0.2, 0) is 28.6 Å². The minimum atomic E-state index is -0.806. The number of carbonyl (C=O) groups excluding carboxylic acids is 3. The van der Waals surface area contributed by atoms with Gasteiger partial charge in [0.25, 0.3) is 0 Å². The molecule has 0 aromatic carbocycles. The molecule has 0 saturated carbocycles. The first-order valence-corrected chi connectivity index (χ1v) is 29.4. The van der Waals surface area contributed by atoms with E-state index < -0.39 is 6.10 Å². The summed E-state index contributed by atoms with van der Waals surface area (Å²) in [5.74, 6) is -0.960. The van der Waals surface area contributed by atoms with Crippen LogP contribution in [0, 0.1) is 0 Å². The molecule has 69 heavy (non-hydrogen) atoms. The van der Waals surface area contributed by atoms with Crippen LogP contribution in [0.15, 0.2) is 72.9 Å². The summed E-state index contributed by atoms with van der Waals surface area (Å²) in [5.41, 5.74) is 0. The molecule has 0 N–H and O–H groups in total. The minimum absolute atomic E-state index is 0.0985. The van der Waals surface area contributed by atoms with Crippen molar-refractivity contribution in [3.63, 3.8) is 0 Å². The molecule has 0 aliphatic heterocycles. The van der Waals surface area contributed by atoms with Gasteiger partial charge in [0.15, 0.2) is 6.10 Å². The normalized spacial score (nSPS) is 12.6. The van der Waals surface area contributed by atoms with E-state index in [0.29, 0.717) is 19.3 Å². The van der Waals surface area contributed by atoms with Crippen LogP contribution in [0.4, 0.5) is 0 Å². The van der Waals surface area contributed by atoms with Gasteiger partial charge in [0, 0.05) is 19.3 Å². The molecule has 6 nitrogen and oxygen atoms in total. The smallest absolute Gasteiger partial charge is 0.306 e. The second-order valence-electron chi connectivity index (χ2n) is 19.5. The molecular weight excluding hydrogens is 853 g/mol. The third-order valence-electron chi connectivity index (χ3n) is 12.7. The van der Waals surface area contributed by atoms with E-state index in [-0.39, 0.29) is 37.5 Å². The number of hydrogen-bond acceptors (Lipinski definition) is 6. The van der Waals surface area contributed by atoms with Crippen molar-refractivity contribution in [1.82, 2.24) is 0 Å². The molecule has 0 aliphatic rings. The van der Waals surface area contributed by atoms with Crippen molar-refractivity contribution in [2.45, 2.75) is 297 Å². The molecule has 0 amide bonds. The van der Waals surface area contributed by atoms with Gasteiger partial charge >= 0.3 is 17.9 Å². The van der Waals surface area contributed by atoms with E-state index in [1.807, 2.05) is 0 Å². The first kappa shape index (κ1) is 65.8. The number of carbonyl (C=O) groups is 3. The molecule has 0 fully saturated rings. The lowest BCUT2D eigenvalue weighted by Gasteiger charge is -2.18. The highest BCUT2D eigenvalue weighted by Crippen LogP contribution is 2.17. The Kier molecular flexibility index (Phi) is 54.8. The fourth-order valence-electron chi connectivity index (χ4n) is 8.31. The van der Waals surface area contributed by atoms with Crippen LogP contribution in [0.3, 0.4) is 0 Å². The van der Waals surface area contributed by atoms with Crippen LogP contribution in [0.2, 0.25) is 0 Å². The second-order valence-corrected chi connectivity index (χ2v) is 19.5. The van der Waals surface area contributed by atoms with Crippen LogP contribution in [0.25, 0.3) is 0 Å². The predicted molar refractivity (Wildman–Crippen MR) is 298 cm³/mol. The quantitative estimate of drug-likeness (QED) is 0.0262. The molecule has 0 aliphatic carbocycles. The van der Waals surface area contributed by atoms with Crippen molar-refractivity contribution in [1.29, 1.82) is 0 Å². The Morgan fingerprint density at radius 1 is 0.304 bits per heavy atom. The first-order chi connectivity index (χ1) is 34.0. The Balaban J connectivity index is 4.28. The van der Waals surface area contributed by atoms with E-state index in [9.17, 15) is 14.4 Å². The van der Waals surface area contributed by atoms with Gasteiger partial charge in [0.05, 0.1) is 0 Å². The average molecular weight is 964 g/mol. The summed E-state index contributed by atoms with van der Waals surface area (Å²) >= 11 is 0. The molecule has 398 valence electrons. The van der Waals surface area contributed by atoms with Gasteiger partial charge in [0.1, 0.15) is 13.2 Å². The van der Waals surface area contributed by atoms with Crippen molar-refractivity contribution in [3.05, 3.63) is 72.9 Å². The fourth-order valence-corrected chi connectivity index (χ4v) is 8.31. The van der Waals surface area contributed by atoms with Gasteiger partial charge in [-0.1, -0.05) is 267 Å². The van der Waals surface area contributed by atoms with Crippen LogP contribution in [-0.4, -0.2) is 37.2 Å². The number of hydrogen-bond donors (Lipinski definition) is 0. The molecule has 0 bridgehead atoms. The summed E-state index contributed by atoms with van der Waals surface area (Å²) in [6.07, 6.45) is 73.5. The van der Waals surface area contributed by atoms with E-state index in [4.69, 9.17) is 14.2 Å². The van der Waals surface area contributed by atoms with Crippen molar-refractivity contribution in [2.75, 3.05) is 13.2 Å². The molecule has 0 aromatic rings. The van der Waals surface area contributed by atoms with E-state index in [1.54, 1.807) is 0 Å². The van der Waals surface area contributed by atoms with Gasteiger partial charge in [0.2, 0.25) is 0 Å². The number of unbranched alkanes of at least 4 members (excludes halogenated alkanes) is 30. The molecule has 1 atom stereocenters. The molecule has 6 heteroatoms. The third kappa shape index (κ3) is 55.6. The van der Waals surface area contributed by atoms with Crippen molar-refractivity contribution in [3.8, 4) is 0 Å². The van der Waals surface area contributed by atoms with E-state index in [2.05, 4.69) is 93.7 Å². The van der Waals surface area contributed by atoms with Crippen LogP contribution >= 0.6 is 0 Å². The zero-order chi connectivity index (χ0) is 50.0. The van der Waals surface area contributed by atoms with Gasteiger partial charge in [-0.2, -0.15) is 0 Å². The Labute approximate surface area is 427 Å². The lowest BCUT2D eigenvalue weighted by atomic mass is 10.0. The molecular formula is C63H110O6. The molecule has 0 heterocycles. The Hall–Kier alpha value is -3.15. The highest BCUT2D eigenvalue weighted by atomic mass is 16.6. The monoisotopic (exact) mass is 963 g/mol. The minimum Gasteiger partial charge on any atom is -0.462 e.